The maximum atomic E-state index is 10.9. The van der Waals surface area contributed by atoms with Gasteiger partial charge < -0.3 is 20.4 Å². The first-order valence-corrected chi connectivity index (χ1v) is 10.9. The molecule has 0 saturated heterocycles. The van der Waals surface area contributed by atoms with Crippen molar-refractivity contribution < 1.29 is 10.2 Å². The molecular formula is C25H28N4O2. The predicted octanol–water partition coefficient (Wildman–Crippen LogP) is 3.21. The van der Waals surface area contributed by atoms with Crippen molar-refractivity contribution in [2.24, 2.45) is 27.7 Å². The second kappa shape index (κ2) is 7.94. The molecule has 0 amide bonds. The number of rotatable bonds is 3. The van der Waals surface area contributed by atoms with Crippen LogP contribution < -0.4 is 5.32 Å². The van der Waals surface area contributed by atoms with E-state index in [1.54, 1.807) is 6.34 Å². The SMILES string of the molecule is CC1C(C)C(N2C=C(c3ccccc3)C3C(Nc4ccccc4)=NC=NC32)C(O)C1O. The van der Waals surface area contributed by atoms with Crippen LogP contribution in [0.15, 0.2) is 76.8 Å². The molecule has 0 radical (unpaired) electrons. The first-order chi connectivity index (χ1) is 15.1. The second-order valence-electron chi connectivity index (χ2n) is 8.75. The Bertz CT molecular complexity index is 1010. The molecule has 7 unspecified atom stereocenters. The number of hydrogen-bond acceptors (Lipinski definition) is 6. The lowest BCUT2D eigenvalue weighted by Gasteiger charge is -2.37. The van der Waals surface area contributed by atoms with Crippen molar-refractivity contribution in [2.45, 2.75) is 38.3 Å². The quantitative estimate of drug-likeness (QED) is 0.718. The van der Waals surface area contributed by atoms with Gasteiger partial charge in [-0.15, -0.1) is 0 Å². The minimum Gasteiger partial charge on any atom is -0.390 e. The van der Waals surface area contributed by atoms with Gasteiger partial charge in [0.25, 0.3) is 0 Å². The first kappa shape index (κ1) is 20.0. The van der Waals surface area contributed by atoms with Crippen LogP contribution in [0.1, 0.15) is 19.4 Å². The number of nitrogens with zero attached hydrogens (tertiary/aromatic N) is 3. The molecule has 3 aliphatic rings. The third kappa shape index (κ3) is 3.36. The second-order valence-corrected chi connectivity index (χ2v) is 8.75. The highest BCUT2D eigenvalue weighted by Crippen LogP contribution is 2.45. The van der Waals surface area contributed by atoms with E-state index in [1.165, 1.54) is 0 Å². The molecule has 6 nitrogen and oxygen atoms in total. The number of nitrogens with one attached hydrogen (secondary N) is 1. The number of anilines is 1. The Hall–Kier alpha value is -2.96. The molecule has 1 saturated carbocycles. The number of aliphatic imine (C=N–C) groups is 2. The number of fused-ring (bicyclic) bond motifs is 1. The summed E-state index contributed by atoms with van der Waals surface area (Å²) in [5.74, 6) is 0.866. The summed E-state index contributed by atoms with van der Waals surface area (Å²) in [6, 6.07) is 20.0. The Balaban J connectivity index is 1.55. The minimum absolute atomic E-state index is 0.00998. The van der Waals surface area contributed by atoms with Gasteiger partial charge >= 0.3 is 0 Å². The summed E-state index contributed by atoms with van der Waals surface area (Å²) in [6.07, 6.45) is 1.93. The van der Waals surface area contributed by atoms with Crippen LogP contribution >= 0.6 is 0 Å². The van der Waals surface area contributed by atoms with Crippen molar-refractivity contribution in [3.63, 3.8) is 0 Å². The first-order valence-electron chi connectivity index (χ1n) is 10.9. The normalized spacial score (nSPS) is 34.3. The third-order valence-electron chi connectivity index (χ3n) is 7.04. The van der Waals surface area contributed by atoms with Crippen LogP contribution in [0.4, 0.5) is 5.69 Å². The van der Waals surface area contributed by atoms with E-state index in [1.807, 2.05) is 55.5 Å². The zero-order valence-electron chi connectivity index (χ0n) is 17.7. The average Bonchev–Trinajstić information content (AvgIpc) is 3.27. The number of benzene rings is 2. The zero-order chi connectivity index (χ0) is 21.5. The van der Waals surface area contributed by atoms with Gasteiger partial charge in [-0.1, -0.05) is 62.4 Å². The average molecular weight is 417 g/mol. The number of hydrogen-bond donors (Lipinski definition) is 3. The van der Waals surface area contributed by atoms with Crippen molar-refractivity contribution in [1.29, 1.82) is 0 Å². The Morgan fingerprint density at radius 2 is 1.55 bits per heavy atom. The van der Waals surface area contributed by atoms with Gasteiger partial charge in [0.1, 0.15) is 24.4 Å². The lowest BCUT2D eigenvalue weighted by atomic mass is 9.91. The Kier molecular flexibility index (Phi) is 5.12. The fraction of sp³-hybridized carbons (Fsp3) is 0.360. The van der Waals surface area contributed by atoms with Gasteiger partial charge in [-0.2, -0.15) is 0 Å². The minimum atomic E-state index is -0.823. The number of para-hydroxylation sites is 1. The maximum absolute atomic E-state index is 10.9. The van der Waals surface area contributed by atoms with Gasteiger partial charge in [0.15, 0.2) is 0 Å². The van der Waals surface area contributed by atoms with Gasteiger partial charge in [-0.25, -0.2) is 9.98 Å². The molecule has 1 aliphatic carbocycles. The summed E-state index contributed by atoms with van der Waals surface area (Å²) < 4.78 is 0. The van der Waals surface area contributed by atoms with Crippen LogP contribution in [-0.2, 0) is 0 Å². The Morgan fingerprint density at radius 3 is 2.19 bits per heavy atom. The fourth-order valence-electron chi connectivity index (χ4n) is 5.17. The van der Waals surface area contributed by atoms with Crippen LogP contribution in [0.2, 0.25) is 0 Å². The fourth-order valence-corrected chi connectivity index (χ4v) is 5.17. The lowest BCUT2D eigenvalue weighted by Crippen LogP contribution is -2.49. The number of amidine groups is 1. The molecule has 2 aromatic rings. The highest BCUT2D eigenvalue weighted by molar-refractivity contribution is 6.09. The highest BCUT2D eigenvalue weighted by atomic mass is 16.3. The molecule has 2 aromatic carbocycles. The van der Waals surface area contributed by atoms with Gasteiger partial charge in [0.05, 0.1) is 18.1 Å². The van der Waals surface area contributed by atoms with Crippen molar-refractivity contribution in [3.05, 3.63) is 72.4 Å². The molecule has 0 aromatic heterocycles. The zero-order valence-corrected chi connectivity index (χ0v) is 17.7. The predicted molar refractivity (Wildman–Crippen MR) is 124 cm³/mol. The smallest absolute Gasteiger partial charge is 0.136 e. The third-order valence-corrected chi connectivity index (χ3v) is 7.04. The monoisotopic (exact) mass is 416 g/mol. The van der Waals surface area contributed by atoms with E-state index in [0.717, 1.165) is 22.7 Å². The van der Waals surface area contributed by atoms with Crippen LogP contribution in [0.25, 0.3) is 5.57 Å². The Morgan fingerprint density at radius 1 is 0.871 bits per heavy atom. The topological polar surface area (TPSA) is 80.5 Å². The van der Waals surface area contributed by atoms with E-state index >= 15 is 0 Å². The van der Waals surface area contributed by atoms with E-state index in [4.69, 9.17) is 4.99 Å². The van der Waals surface area contributed by atoms with Crippen LogP contribution in [0, 0.1) is 17.8 Å². The summed E-state index contributed by atoms with van der Waals surface area (Å²) in [5.41, 5.74) is 3.19. The van der Waals surface area contributed by atoms with Crippen molar-refractivity contribution >= 4 is 23.4 Å². The Labute approximate surface area is 182 Å². The van der Waals surface area contributed by atoms with Gasteiger partial charge in [-0.05, 0) is 35.1 Å². The molecule has 0 bridgehead atoms. The summed E-state index contributed by atoms with van der Waals surface area (Å²) in [6.45, 7) is 4.10. The summed E-state index contributed by atoms with van der Waals surface area (Å²) in [4.78, 5) is 11.5. The van der Waals surface area contributed by atoms with Crippen LogP contribution in [0.5, 0.6) is 0 Å². The molecule has 7 atom stereocenters. The van der Waals surface area contributed by atoms with E-state index in [2.05, 4.69) is 40.5 Å². The molecule has 0 spiro atoms. The standard InChI is InChI=1S/C25H28N4O2/c1-15-16(2)22(30)23(31)21(15)29-13-19(17-9-5-3-6-10-17)20-24(26-14-27-25(20)29)28-18-11-7-4-8-12-18/h3-16,20-23,25,30-31H,1-2H3,(H,26,27,28). The molecule has 2 heterocycles. The molecule has 5 rings (SSSR count). The van der Waals surface area contributed by atoms with Crippen molar-refractivity contribution in [1.82, 2.24) is 4.90 Å². The van der Waals surface area contributed by atoms with Crippen molar-refractivity contribution in [2.75, 3.05) is 5.32 Å². The van der Waals surface area contributed by atoms with E-state index in [9.17, 15) is 10.2 Å². The maximum Gasteiger partial charge on any atom is 0.136 e. The largest absolute Gasteiger partial charge is 0.390 e. The van der Waals surface area contributed by atoms with Crippen molar-refractivity contribution in [3.8, 4) is 0 Å². The number of aliphatic hydroxyl groups excluding tert-OH is 2. The van der Waals surface area contributed by atoms with Crippen LogP contribution in [0.3, 0.4) is 0 Å². The molecular weight excluding hydrogens is 388 g/mol. The summed E-state index contributed by atoms with van der Waals surface area (Å²) >= 11 is 0. The molecule has 3 N–H and O–H groups in total. The molecule has 31 heavy (non-hydrogen) atoms. The van der Waals surface area contributed by atoms with E-state index in [-0.39, 0.29) is 30.0 Å². The summed E-state index contributed by atoms with van der Waals surface area (Å²) in [7, 11) is 0. The van der Waals surface area contributed by atoms with E-state index < -0.39 is 12.2 Å². The van der Waals surface area contributed by atoms with E-state index in [0.29, 0.717) is 0 Å². The van der Waals surface area contributed by atoms with Gasteiger partial charge in [-0.3, -0.25) is 0 Å². The highest BCUT2D eigenvalue weighted by Gasteiger charge is 2.52. The molecule has 1 fully saturated rings. The van der Waals surface area contributed by atoms with Gasteiger partial charge in [0, 0.05) is 11.9 Å². The molecule has 160 valence electrons. The molecule has 6 heteroatoms. The number of aliphatic hydroxyl groups is 2. The lowest BCUT2D eigenvalue weighted by molar-refractivity contribution is -0.00705. The van der Waals surface area contributed by atoms with Crippen LogP contribution in [-0.4, -0.2) is 51.7 Å². The molecule has 2 aliphatic heterocycles. The summed E-state index contributed by atoms with van der Waals surface area (Å²) in [5, 5.41) is 24.9. The van der Waals surface area contributed by atoms with Gasteiger partial charge in [0.2, 0.25) is 0 Å².